The number of phenols is 1. The first-order chi connectivity index (χ1) is 17.7. The van der Waals surface area contributed by atoms with E-state index in [0.717, 1.165) is 49.8 Å². The van der Waals surface area contributed by atoms with Crippen LogP contribution in [-0.2, 0) is 16.0 Å². The van der Waals surface area contributed by atoms with Crippen LogP contribution >= 0.6 is 0 Å². The van der Waals surface area contributed by atoms with E-state index in [1.54, 1.807) is 0 Å². The van der Waals surface area contributed by atoms with Gasteiger partial charge in [-0.05, 0) is 49.3 Å². The molecular weight excluding hydrogens is 473 g/mol. The van der Waals surface area contributed by atoms with E-state index in [4.69, 9.17) is 0 Å². The third kappa shape index (κ3) is 9.08. The zero-order valence-electron chi connectivity index (χ0n) is 21.5. The van der Waals surface area contributed by atoms with E-state index < -0.39 is 29.6 Å². The van der Waals surface area contributed by atoms with Gasteiger partial charge in [-0.1, -0.05) is 62.4 Å². The Bertz CT molecular complexity index is 1050. The molecule has 0 saturated heterocycles. The Kier molecular flexibility index (Phi) is 10.8. The molecule has 1 fully saturated rings. The van der Waals surface area contributed by atoms with Gasteiger partial charge in [-0.2, -0.15) is 0 Å². The predicted molar refractivity (Wildman–Crippen MR) is 140 cm³/mol. The van der Waals surface area contributed by atoms with Gasteiger partial charge in [0.2, 0.25) is 0 Å². The highest BCUT2D eigenvalue weighted by atomic mass is 19.1. The lowest BCUT2D eigenvalue weighted by Crippen LogP contribution is -2.46. The van der Waals surface area contributed by atoms with Crippen LogP contribution in [0.4, 0.5) is 4.39 Å². The van der Waals surface area contributed by atoms with Gasteiger partial charge < -0.3 is 20.3 Å². The number of nitrogens with one attached hydrogen (secondary N) is 1. The number of aliphatic hydroxyl groups is 1. The molecule has 1 saturated carbocycles. The average Bonchev–Trinajstić information content (AvgIpc) is 2.87. The highest BCUT2D eigenvalue weighted by molar-refractivity contribution is 5.97. The molecule has 200 valence electrons. The van der Waals surface area contributed by atoms with E-state index in [9.17, 15) is 29.0 Å². The normalized spacial score (nSPS) is 16.5. The molecule has 0 heterocycles. The molecule has 37 heavy (non-hydrogen) atoms. The number of carbonyl (C=O) groups excluding carboxylic acids is 3. The number of ketones is 2. The van der Waals surface area contributed by atoms with Gasteiger partial charge in [-0.15, -0.1) is 0 Å². The maximum atomic E-state index is 13.4. The molecule has 2 aromatic carbocycles. The molecule has 3 atom stereocenters. The second-order valence-electron chi connectivity index (χ2n) is 10.3. The van der Waals surface area contributed by atoms with Gasteiger partial charge in [0.05, 0.1) is 17.7 Å². The fourth-order valence-corrected chi connectivity index (χ4v) is 5.33. The first kappa shape index (κ1) is 28.5. The number of halogens is 1. The van der Waals surface area contributed by atoms with Crippen molar-refractivity contribution in [1.82, 2.24) is 5.32 Å². The SMILES string of the molecule is CC(=O)CCC(=O)C[C@H](C[C@H](O)[C@H](Cc1ccccc1)NC(=O)c1ccc(F)cc1O)C1CCCCC1. The summed E-state index contributed by atoms with van der Waals surface area (Å²) in [7, 11) is 0. The maximum absolute atomic E-state index is 13.4. The molecule has 3 rings (SSSR count). The van der Waals surface area contributed by atoms with Crippen molar-refractivity contribution in [3.05, 3.63) is 65.5 Å². The minimum Gasteiger partial charge on any atom is -0.507 e. The van der Waals surface area contributed by atoms with Crippen LogP contribution in [0.2, 0.25) is 0 Å². The molecule has 0 aliphatic heterocycles. The number of phenolic OH excluding ortho intramolecular Hbond substituents is 1. The van der Waals surface area contributed by atoms with Crippen LogP contribution in [0.1, 0.15) is 80.6 Å². The first-order valence-corrected chi connectivity index (χ1v) is 13.3. The van der Waals surface area contributed by atoms with Crippen molar-refractivity contribution in [3.63, 3.8) is 0 Å². The molecule has 0 spiro atoms. The van der Waals surface area contributed by atoms with Crippen LogP contribution in [0, 0.1) is 17.7 Å². The lowest BCUT2D eigenvalue weighted by Gasteiger charge is -2.34. The molecule has 6 nitrogen and oxygen atoms in total. The van der Waals surface area contributed by atoms with Crippen LogP contribution in [0.3, 0.4) is 0 Å². The maximum Gasteiger partial charge on any atom is 0.255 e. The van der Waals surface area contributed by atoms with E-state index in [1.165, 1.54) is 13.0 Å². The van der Waals surface area contributed by atoms with Gasteiger partial charge in [-0.3, -0.25) is 9.59 Å². The molecule has 1 aliphatic carbocycles. The number of rotatable bonds is 13. The van der Waals surface area contributed by atoms with Gasteiger partial charge in [0.15, 0.2) is 0 Å². The lowest BCUT2D eigenvalue weighted by molar-refractivity contribution is -0.124. The zero-order valence-corrected chi connectivity index (χ0v) is 21.5. The van der Waals surface area contributed by atoms with Crippen LogP contribution in [-0.4, -0.2) is 39.8 Å². The summed E-state index contributed by atoms with van der Waals surface area (Å²) in [5.74, 6) is -1.47. The van der Waals surface area contributed by atoms with Crippen molar-refractivity contribution in [2.24, 2.45) is 11.8 Å². The number of aliphatic hydroxyl groups excluding tert-OH is 1. The summed E-state index contributed by atoms with van der Waals surface area (Å²) in [6.45, 7) is 1.48. The molecule has 1 amide bonds. The summed E-state index contributed by atoms with van der Waals surface area (Å²) in [6.07, 6.45) is 5.83. The standard InChI is InChI=1S/C30H38FNO5/c1-20(33)12-14-25(34)17-23(22-10-6-3-7-11-22)18-29(36)27(16-21-8-4-2-5-9-21)32-30(37)26-15-13-24(31)19-28(26)35/h2,4-5,8-9,13,15,19,22-23,27,29,35-36H,3,6-7,10-12,14,16-18H2,1H3,(H,32,37)/t23-,27+,29+/m1/s1. The number of carbonyl (C=O) groups is 3. The van der Waals surface area contributed by atoms with Crippen molar-refractivity contribution < 1.29 is 29.0 Å². The number of hydrogen-bond donors (Lipinski definition) is 3. The monoisotopic (exact) mass is 511 g/mol. The lowest BCUT2D eigenvalue weighted by atomic mass is 9.74. The van der Waals surface area contributed by atoms with Crippen LogP contribution in [0.15, 0.2) is 48.5 Å². The first-order valence-electron chi connectivity index (χ1n) is 13.3. The molecular formula is C30H38FNO5. The number of hydrogen-bond acceptors (Lipinski definition) is 5. The topological polar surface area (TPSA) is 104 Å². The molecule has 1 aliphatic rings. The second kappa shape index (κ2) is 14.0. The van der Waals surface area contributed by atoms with E-state index in [1.807, 2.05) is 30.3 Å². The summed E-state index contributed by atoms with van der Waals surface area (Å²) in [5, 5.41) is 24.3. The number of Topliss-reactive ketones (excluding diaryl/α,β-unsaturated/α-hetero) is 2. The van der Waals surface area contributed by atoms with Gasteiger partial charge in [0.1, 0.15) is 23.1 Å². The highest BCUT2D eigenvalue weighted by Crippen LogP contribution is 2.35. The predicted octanol–water partition coefficient (Wildman–Crippen LogP) is 5.15. The Labute approximate surface area is 218 Å². The summed E-state index contributed by atoms with van der Waals surface area (Å²) >= 11 is 0. The van der Waals surface area contributed by atoms with Crippen LogP contribution in [0.25, 0.3) is 0 Å². The van der Waals surface area contributed by atoms with Crippen molar-refractivity contribution in [1.29, 1.82) is 0 Å². The molecule has 0 bridgehead atoms. The third-order valence-corrected chi connectivity index (χ3v) is 7.39. The Morgan fingerprint density at radius 2 is 1.73 bits per heavy atom. The van der Waals surface area contributed by atoms with Gasteiger partial charge >= 0.3 is 0 Å². The average molecular weight is 512 g/mol. The summed E-state index contributed by atoms with van der Waals surface area (Å²) < 4.78 is 13.4. The fraction of sp³-hybridized carbons (Fsp3) is 0.500. The largest absolute Gasteiger partial charge is 0.507 e. The minimum absolute atomic E-state index is 0.0164. The smallest absolute Gasteiger partial charge is 0.255 e. The molecule has 0 unspecified atom stereocenters. The molecule has 3 N–H and O–H groups in total. The number of amides is 1. The fourth-order valence-electron chi connectivity index (χ4n) is 5.33. The van der Waals surface area contributed by atoms with Crippen LogP contribution < -0.4 is 5.32 Å². The summed E-state index contributed by atoms with van der Waals surface area (Å²) in [4.78, 5) is 37.1. The second-order valence-corrected chi connectivity index (χ2v) is 10.3. The van der Waals surface area contributed by atoms with Gasteiger partial charge in [0.25, 0.3) is 5.91 Å². The van der Waals surface area contributed by atoms with E-state index in [2.05, 4.69) is 5.32 Å². The van der Waals surface area contributed by atoms with Crippen molar-refractivity contribution in [3.8, 4) is 5.75 Å². The number of aromatic hydroxyl groups is 1. The molecule has 2 aromatic rings. The molecule has 7 heteroatoms. The third-order valence-electron chi connectivity index (χ3n) is 7.39. The van der Waals surface area contributed by atoms with E-state index in [0.29, 0.717) is 25.2 Å². The van der Waals surface area contributed by atoms with E-state index >= 15 is 0 Å². The van der Waals surface area contributed by atoms with Gasteiger partial charge in [0, 0.05) is 25.3 Å². The minimum atomic E-state index is -0.945. The zero-order chi connectivity index (χ0) is 26.8. The van der Waals surface area contributed by atoms with E-state index in [-0.39, 0.29) is 35.9 Å². The van der Waals surface area contributed by atoms with Gasteiger partial charge in [-0.25, -0.2) is 4.39 Å². The Hall–Kier alpha value is -3.06. The number of benzene rings is 2. The highest BCUT2D eigenvalue weighted by Gasteiger charge is 2.31. The summed E-state index contributed by atoms with van der Waals surface area (Å²) in [5.41, 5.74) is 0.844. The van der Waals surface area contributed by atoms with Crippen molar-refractivity contribution >= 4 is 17.5 Å². The van der Waals surface area contributed by atoms with Crippen molar-refractivity contribution in [2.75, 3.05) is 0 Å². The Morgan fingerprint density at radius 3 is 2.38 bits per heavy atom. The van der Waals surface area contributed by atoms with Crippen molar-refractivity contribution in [2.45, 2.75) is 83.3 Å². The Morgan fingerprint density at radius 1 is 1.03 bits per heavy atom. The quantitative estimate of drug-likeness (QED) is 0.345. The van der Waals surface area contributed by atoms with Crippen LogP contribution in [0.5, 0.6) is 5.75 Å². The molecule has 0 radical (unpaired) electrons. The molecule has 0 aromatic heterocycles. The summed E-state index contributed by atoms with van der Waals surface area (Å²) in [6, 6.07) is 12.0. The Balaban J connectivity index is 1.78.